The lowest BCUT2D eigenvalue weighted by molar-refractivity contribution is -0.0232. The Labute approximate surface area is 293 Å². The van der Waals surface area contributed by atoms with Crippen molar-refractivity contribution < 1.29 is 37.9 Å². The van der Waals surface area contributed by atoms with Crippen molar-refractivity contribution in [2.75, 3.05) is 106 Å². The second-order valence-electron chi connectivity index (χ2n) is 12.2. The maximum atomic E-state index is 5.67. The summed E-state index contributed by atoms with van der Waals surface area (Å²) in [6.45, 7) is 14.2. The standard InChI is InChI=1S/C37H73N3O8/c1-3-5-6-7-8-9-10-11-12-13-14-15-16-17-18-37-36-40(39-38-37)19-21-42-23-25-44-27-29-46-31-33-48-35-34-47-32-30-45-28-26-43-24-22-41-20-4-2/h36H,3-35H2,1-2H3. The van der Waals surface area contributed by atoms with Crippen molar-refractivity contribution in [3.8, 4) is 0 Å². The maximum absolute atomic E-state index is 5.67. The third-order valence-electron chi connectivity index (χ3n) is 7.79. The van der Waals surface area contributed by atoms with Gasteiger partial charge in [-0.25, -0.2) is 4.68 Å². The van der Waals surface area contributed by atoms with Gasteiger partial charge in [-0.1, -0.05) is 103 Å². The summed E-state index contributed by atoms with van der Waals surface area (Å²) in [4.78, 5) is 0. The van der Waals surface area contributed by atoms with Gasteiger partial charge in [-0.3, -0.25) is 0 Å². The number of aryl methyl sites for hydroxylation is 1. The molecule has 1 heterocycles. The van der Waals surface area contributed by atoms with Crippen molar-refractivity contribution in [2.24, 2.45) is 0 Å². The zero-order chi connectivity index (χ0) is 34.3. The summed E-state index contributed by atoms with van der Waals surface area (Å²) in [5, 5.41) is 8.56. The molecule has 0 unspecified atom stereocenters. The molecular weight excluding hydrogens is 614 g/mol. The Kier molecular flexibility index (Phi) is 36.1. The molecule has 1 aromatic heterocycles. The van der Waals surface area contributed by atoms with E-state index in [0.717, 1.165) is 25.1 Å². The Balaban J connectivity index is 1.73. The van der Waals surface area contributed by atoms with Crippen LogP contribution in [0.5, 0.6) is 0 Å². The average molecular weight is 688 g/mol. The van der Waals surface area contributed by atoms with E-state index in [0.29, 0.717) is 106 Å². The molecule has 0 saturated carbocycles. The number of ether oxygens (including phenoxy) is 8. The Morgan fingerprint density at radius 1 is 0.396 bits per heavy atom. The third-order valence-corrected chi connectivity index (χ3v) is 7.79. The Morgan fingerprint density at radius 3 is 1.10 bits per heavy atom. The van der Waals surface area contributed by atoms with Crippen LogP contribution in [0.15, 0.2) is 6.20 Å². The maximum Gasteiger partial charge on any atom is 0.0827 e. The molecule has 0 fully saturated rings. The second-order valence-corrected chi connectivity index (χ2v) is 12.2. The minimum Gasteiger partial charge on any atom is -0.379 e. The molecule has 0 bridgehead atoms. The van der Waals surface area contributed by atoms with Gasteiger partial charge in [0.05, 0.1) is 111 Å². The molecule has 0 saturated heterocycles. The van der Waals surface area contributed by atoms with Gasteiger partial charge >= 0.3 is 0 Å². The van der Waals surface area contributed by atoms with E-state index in [2.05, 4.69) is 30.4 Å². The Bertz CT molecular complexity index is 743. The smallest absolute Gasteiger partial charge is 0.0827 e. The van der Waals surface area contributed by atoms with Crippen LogP contribution in [0.1, 0.15) is 116 Å². The highest BCUT2D eigenvalue weighted by molar-refractivity contribution is 4.92. The van der Waals surface area contributed by atoms with Gasteiger partial charge in [-0.15, -0.1) is 5.10 Å². The molecule has 0 radical (unpaired) electrons. The first kappa shape index (κ1) is 44.8. The molecule has 0 amide bonds. The van der Waals surface area contributed by atoms with Gasteiger partial charge < -0.3 is 37.9 Å². The monoisotopic (exact) mass is 688 g/mol. The van der Waals surface area contributed by atoms with Crippen LogP contribution in [0, 0.1) is 0 Å². The highest BCUT2D eigenvalue weighted by atomic mass is 16.6. The van der Waals surface area contributed by atoms with Crippen LogP contribution >= 0.6 is 0 Å². The molecule has 0 N–H and O–H groups in total. The van der Waals surface area contributed by atoms with E-state index in [1.807, 2.05) is 4.68 Å². The van der Waals surface area contributed by atoms with E-state index in [-0.39, 0.29) is 0 Å². The minimum absolute atomic E-state index is 0.533. The summed E-state index contributed by atoms with van der Waals surface area (Å²) in [6, 6.07) is 0. The summed E-state index contributed by atoms with van der Waals surface area (Å²) in [6.07, 6.45) is 23.4. The van der Waals surface area contributed by atoms with Crippen LogP contribution in [0.3, 0.4) is 0 Å². The molecule has 0 aliphatic carbocycles. The van der Waals surface area contributed by atoms with Crippen molar-refractivity contribution in [1.82, 2.24) is 15.0 Å². The van der Waals surface area contributed by atoms with Crippen molar-refractivity contribution in [3.63, 3.8) is 0 Å². The van der Waals surface area contributed by atoms with Crippen molar-refractivity contribution >= 4 is 0 Å². The number of hydrogen-bond donors (Lipinski definition) is 0. The van der Waals surface area contributed by atoms with E-state index >= 15 is 0 Å². The summed E-state index contributed by atoms with van der Waals surface area (Å²) < 4.78 is 45.9. The van der Waals surface area contributed by atoms with Gasteiger partial charge in [-0.2, -0.15) is 0 Å². The first-order chi connectivity index (χ1) is 23.9. The average Bonchev–Trinajstić information content (AvgIpc) is 3.55. The van der Waals surface area contributed by atoms with E-state index in [1.165, 1.54) is 89.9 Å². The third kappa shape index (κ3) is 33.3. The van der Waals surface area contributed by atoms with Crippen LogP contribution in [0.25, 0.3) is 0 Å². The van der Waals surface area contributed by atoms with Gasteiger partial charge in [0, 0.05) is 12.8 Å². The first-order valence-electron chi connectivity index (χ1n) is 19.4. The molecule has 284 valence electrons. The molecule has 48 heavy (non-hydrogen) atoms. The highest BCUT2D eigenvalue weighted by Crippen LogP contribution is 2.13. The lowest BCUT2D eigenvalue weighted by atomic mass is 10.0. The van der Waals surface area contributed by atoms with E-state index < -0.39 is 0 Å². The predicted molar refractivity (Wildman–Crippen MR) is 191 cm³/mol. The van der Waals surface area contributed by atoms with Gasteiger partial charge in [0.15, 0.2) is 0 Å². The van der Waals surface area contributed by atoms with Crippen LogP contribution in [-0.2, 0) is 50.9 Å². The lowest BCUT2D eigenvalue weighted by Crippen LogP contribution is -2.15. The number of hydrogen-bond acceptors (Lipinski definition) is 10. The molecule has 0 atom stereocenters. The molecule has 1 aromatic rings. The largest absolute Gasteiger partial charge is 0.379 e. The van der Waals surface area contributed by atoms with Crippen LogP contribution in [-0.4, -0.2) is 121 Å². The van der Waals surface area contributed by atoms with Crippen molar-refractivity contribution in [3.05, 3.63) is 11.9 Å². The minimum atomic E-state index is 0.533. The van der Waals surface area contributed by atoms with Gasteiger partial charge in [0.25, 0.3) is 0 Å². The van der Waals surface area contributed by atoms with Crippen molar-refractivity contribution in [2.45, 2.75) is 123 Å². The quantitative estimate of drug-likeness (QED) is 0.0680. The van der Waals surface area contributed by atoms with Crippen molar-refractivity contribution in [1.29, 1.82) is 0 Å². The zero-order valence-corrected chi connectivity index (χ0v) is 31.0. The Hall–Kier alpha value is -1.18. The van der Waals surface area contributed by atoms with E-state index in [4.69, 9.17) is 37.9 Å². The topological polar surface area (TPSA) is 105 Å². The van der Waals surface area contributed by atoms with Crippen LogP contribution in [0.2, 0.25) is 0 Å². The molecule has 11 heteroatoms. The molecule has 1 rings (SSSR count). The zero-order valence-electron chi connectivity index (χ0n) is 31.0. The molecule has 0 aliphatic rings. The lowest BCUT2D eigenvalue weighted by Gasteiger charge is -2.08. The second kappa shape index (κ2) is 38.6. The normalized spacial score (nSPS) is 11.6. The fourth-order valence-electron chi connectivity index (χ4n) is 5.01. The van der Waals surface area contributed by atoms with Gasteiger partial charge in [0.1, 0.15) is 0 Å². The fourth-order valence-corrected chi connectivity index (χ4v) is 5.01. The summed E-state index contributed by atoms with van der Waals surface area (Å²) in [5.41, 5.74) is 1.08. The molecule has 11 nitrogen and oxygen atoms in total. The Morgan fingerprint density at radius 2 is 0.729 bits per heavy atom. The molecular formula is C37H73N3O8. The van der Waals surface area contributed by atoms with E-state index in [9.17, 15) is 0 Å². The summed E-state index contributed by atoms with van der Waals surface area (Å²) >= 11 is 0. The predicted octanol–water partition coefficient (Wildman–Crippen LogP) is 6.84. The van der Waals surface area contributed by atoms with Gasteiger partial charge in [-0.05, 0) is 19.3 Å². The van der Waals surface area contributed by atoms with Gasteiger partial charge in [0.2, 0.25) is 0 Å². The fraction of sp³-hybridized carbons (Fsp3) is 0.946. The number of unbranched alkanes of at least 4 members (excludes halogenated alkanes) is 13. The highest BCUT2D eigenvalue weighted by Gasteiger charge is 2.02. The summed E-state index contributed by atoms with van der Waals surface area (Å²) in [5.74, 6) is 0. The first-order valence-corrected chi connectivity index (χ1v) is 19.4. The molecule has 0 aliphatic heterocycles. The number of aromatic nitrogens is 3. The molecule has 0 spiro atoms. The van der Waals surface area contributed by atoms with Crippen LogP contribution in [0.4, 0.5) is 0 Å². The SMILES string of the molecule is CCCCCCCCCCCCCCCCc1cn(CCOCCOCCOCCOCCOCCOCCOCCOCCC)nn1. The number of rotatable bonds is 41. The van der Waals surface area contributed by atoms with Crippen LogP contribution < -0.4 is 0 Å². The van der Waals surface area contributed by atoms with E-state index in [1.54, 1.807) is 0 Å². The molecule has 0 aromatic carbocycles. The summed E-state index contributed by atoms with van der Waals surface area (Å²) in [7, 11) is 0. The number of nitrogens with zero attached hydrogens (tertiary/aromatic N) is 3.